The molecular weight excluding hydrogens is 216 g/mol. The molecule has 0 aromatic rings. The van der Waals surface area contributed by atoms with Crippen LogP contribution in [0.25, 0.3) is 0 Å². The Balaban J connectivity index is 1.62. The lowest BCUT2D eigenvalue weighted by Gasteiger charge is -2.26. The van der Waals surface area contributed by atoms with Gasteiger partial charge < -0.3 is 0 Å². The molecule has 2 fully saturated rings. The predicted octanol–water partition coefficient (Wildman–Crippen LogP) is 4.06. The molecule has 0 aliphatic heterocycles. The molecule has 16 heavy (non-hydrogen) atoms. The summed E-state index contributed by atoms with van der Waals surface area (Å²) in [5, 5.41) is 0.889. The number of carbonyl (C=O) groups excluding carboxylic acids is 1. The highest BCUT2D eigenvalue weighted by atomic mass is 32.2. The molecule has 2 rings (SSSR count). The molecule has 2 saturated carbocycles. The minimum atomic E-state index is 0.425. The molecule has 0 aromatic heterocycles. The Morgan fingerprint density at radius 1 is 1.25 bits per heavy atom. The van der Waals surface area contributed by atoms with Crippen molar-refractivity contribution in [1.82, 2.24) is 0 Å². The van der Waals surface area contributed by atoms with Crippen LogP contribution in [0.5, 0.6) is 0 Å². The standard InChI is InChI=1S/C14H24OS/c1-11-4-2-6-13(10-11)16-9-8-12-5-3-7-14(12)15/h11-13H,2-10H2,1H3. The molecule has 3 atom stereocenters. The smallest absolute Gasteiger partial charge is 0.136 e. The van der Waals surface area contributed by atoms with Crippen molar-refractivity contribution >= 4 is 17.5 Å². The Morgan fingerprint density at radius 3 is 2.81 bits per heavy atom. The maximum Gasteiger partial charge on any atom is 0.136 e. The first-order chi connectivity index (χ1) is 7.75. The number of rotatable bonds is 4. The van der Waals surface area contributed by atoms with E-state index >= 15 is 0 Å². The largest absolute Gasteiger partial charge is 0.299 e. The third kappa shape index (κ3) is 3.51. The van der Waals surface area contributed by atoms with E-state index in [1.165, 1.54) is 37.9 Å². The normalized spacial score (nSPS) is 35.6. The SMILES string of the molecule is CC1CCCC(SCCC2CCCC2=O)C1. The molecule has 0 saturated heterocycles. The average molecular weight is 240 g/mol. The molecule has 92 valence electrons. The second kappa shape index (κ2) is 6.09. The Hall–Kier alpha value is 0.0200. The zero-order valence-corrected chi connectivity index (χ0v) is 11.2. The zero-order valence-electron chi connectivity index (χ0n) is 10.4. The lowest BCUT2D eigenvalue weighted by atomic mass is 9.91. The molecule has 0 amide bonds. The Labute approximate surface area is 104 Å². The van der Waals surface area contributed by atoms with Crippen LogP contribution in [-0.2, 0) is 4.79 Å². The van der Waals surface area contributed by atoms with Crippen molar-refractivity contribution in [1.29, 1.82) is 0 Å². The summed E-state index contributed by atoms with van der Waals surface area (Å²) in [5.74, 6) is 3.11. The molecule has 1 nitrogen and oxygen atoms in total. The van der Waals surface area contributed by atoms with E-state index in [1.54, 1.807) is 0 Å². The van der Waals surface area contributed by atoms with Crippen molar-refractivity contribution < 1.29 is 4.79 Å². The van der Waals surface area contributed by atoms with E-state index in [2.05, 4.69) is 18.7 Å². The van der Waals surface area contributed by atoms with E-state index in [1.807, 2.05) is 0 Å². The van der Waals surface area contributed by atoms with Crippen molar-refractivity contribution in [2.45, 2.75) is 63.5 Å². The van der Waals surface area contributed by atoms with Gasteiger partial charge >= 0.3 is 0 Å². The van der Waals surface area contributed by atoms with E-state index in [9.17, 15) is 4.79 Å². The summed E-state index contributed by atoms with van der Waals surface area (Å²) in [6.07, 6.45) is 9.98. The fraction of sp³-hybridized carbons (Fsp3) is 0.929. The average Bonchev–Trinajstić information content (AvgIpc) is 2.65. The van der Waals surface area contributed by atoms with Crippen LogP contribution in [0.2, 0.25) is 0 Å². The second-order valence-corrected chi connectivity index (χ2v) is 7.02. The van der Waals surface area contributed by atoms with Crippen LogP contribution in [0.1, 0.15) is 58.3 Å². The van der Waals surface area contributed by atoms with Gasteiger partial charge in [0.2, 0.25) is 0 Å². The maximum atomic E-state index is 11.5. The Bertz CT molecular complexity index is 239. The van der Waals surface area contributed by atoms with Crippen LogP contribution in [0.4, 0.5) is 0 Å². The maximum absolute atomic E-state index is 11.5. The third-order valence-corrected chi connectivity index (χ3v) is 5.51. The third-order valence-electron chi connectivity index (χ3n) is 4.14. The van der Waals surface area contributed by atoms with E-state index < -0.39 is 0 Å². The second-order valence-electron chi connectivity index (χ2n) is 5.61. The zero-order chi connectivity index (χ0) is 11.4. The van der Waals surface area contributed by atoms with Gasteiger partial charge in [-0.3, -0.25) is 4.79 Å². The first kappa shape index (κ1) is 12.5. The summed E-state index contributed by atoms with van der Waals surface area (Å²) >= 11 is 2.14. The van der Waals surface area contributed by atoms with E-state index in [0.29, 0.717) is 11.7 Å². The molecule has 0 radical (unpaired) electrons. The fourth-order valence-electron chi connectivity index (χ4n) is 3.10. The van der Waals surface area contributed by atoms with E-state index in [4.69, 9.17) is 0 Å². The minimum Gasteiger partial charge on any atom is -0.299 e. The van der Waals surface area contributed by atoms with Gasteiger partial charge in [0.15, 0.2) is 0 Å². The van der Waals surface area contributed by atoms with Gasteiger partial charge in [-0.25, -0.2) is 0 Å². The first-order valence-electron chi connectivity index (χ1n) is 6.90. The molecule has 0 aromatic carbocycles. The van der Waals surface area contributed by atoms with Crippen LogP contribution < -0.4 is 0 Å². The van der Waals surface area contributed by atoms with Crippen LogP contribution in [0.15, 0.2) is 0 Å². The minimum absolute atomic E-state index is 0.425. The molecule has 0 heterocycles. The quantitative estimate of drug-likeness (QED) is 0.737. The summed E-state index contributed by atoms with van der Waals surface area (Å²) in [7, 11) is 0. The number of thioether (sulfide) groups is 1. The summed E-state index contributed by atoms with van der Waals surface area (Å²) in [4.78, 5) is 11.5. The lowest BCUT2D eigenvalue weighted by Crippen LogP contribution is -2.16. The van der Waals surface area contributed by atoms with Gasteiger partial charge in [-0.15, -0.1) is 0 Å². The van der Waals surface area contributed by atoms with Gasteiger partial charge in [0.1, 0.15) is 5.78 Å². The molecule has 2 aliphatic carbocycles. The number of Topliss-reactive ketones (excluding diaryl/α,β-unsaturated/α-hetero) is 1. The molecule has 2 heteroatoms. The van der Waals surface area contributed by atoms with Gasteiger partial charge in [-0.05, 0) is 43.8 Å². The van der Waals surface area contributed by atoms with Gasteiger partial charge in [0.05, 0.1) is 0 Å². The molecule has 3 unspecified atom stereocenters. The molecule has 2 aliphatic rings. The summed E-state index contributed by atoms with van der Waals surface area (Å²) < 4.78 is 0. The van der Waals surface area contributed by atoms with Crippen molar-refractivity contribution in [3.8, 4) is 0 Å². The van der Waals surface area contributed by atoms with Crippen molar-refractivity contribution in [2.24, 2.45) is 11.8 Å². The van der Waals surface area contributed by atoms with Crippen molar-refractivity contribution in [2.75, 3.05) is 5.75 Å². The number of hydrogen-bond acceptors (Lipinski definition) is 2. The van der Waals surface area contributed by atoms with Gasteiger partial charge in [-0.2, -0.15) is 11.8 Å². The number of ketones is 1. The van der Waals surface area contributed by atoms with E-state index in [0.717, 1.165) is 30.4 Å². The molecule has 0 bridgehead atoms. The van der Waals surface area contributed by atoms with Gasteiger partial charge in [0, 0.05) is 17.6 Å². The first-order valence-corrected chi connectivity index (χ1v) is 7.95. The highest BCUT2D eigenvalue weighted by Crippen LogP contribution is 2.33. The highest BCUT2D eigenvalue weighted by molar-refractivity contribution is 7.99. The van der Waals surface area contributed by atoms with Crippen molar-refractivity contribution in [3.63, 3.8) is 0 Å². The van der Waals surface area contributed by atoms with Gasteiger partial charge in [-0.1, -0.05) is 19.8 Å². The van der Waals surface area contributed by atoms with Crippen LogP contribution in [0.3, 0.4) is 0 Å². The van der Waals surface area contributed by atoms with E-state index in [-0.39, 0.29) is 0 Å². The molecule has 0 N–H and O–H groups in total. The summed E-state index contributed by atoms with van der Waals surface area (Å²) in [5.41, 5.74) is 0. The lowest BCUT2D eigenvalue weighted by molar-refractivity contribution is -0.120. The topological polar surface area (TPSA) is 17.1 Å². The number of carbonyl (C=O) groups is 1. The van der Waals surface area contributed by atoms with Crippen LogP contribution in [0, 0.1) is 11.8 Å². The summed E-state index contributed by atoms with van der Waals surface area (Å²) in [6, 6.07) is 0. The Morgan fingerprint density at radius 2 is 2.12 bits per heavy atom. The van der Waals surface area contributed by atoms with Crippen molar-refractivity contribution in [3.05, 3.63) is 0 Å². The summed E-state index contributed by atoms with van der Waals surface area (Å²) in [6.45, 7) is 2.38. The highest BCUT2D eigenvalue weighted by Gasteiger charge is 2.25. The van der Waals surface area contributed by atoms with Gasteiger partial charge in [0.25, 0.3) is 0 Å². The molecular formula is C14H24OS. The van der Waals surface area contributed by atoms with Crippen LogP contribution >= 0.6 is 11.8 Å². The predicted molar refractivity (Wildman–Crippen MR) is 70.8 cm³/mol. The number of hydrogen-bond donors (Lipinski definition) is 0. The monoisotopic (exact) mass is 240 g/mol. The molecule has 0 spiro atoms. The Kier molecular flexibility index (Phi) is 4.75. The fourth-order valence-corrected chi connectivity index (χ4v) is 4.65. The van der Waals surface area contributed by atoms with Crippen LogP contribution in [-0.4, -0.2) is 16.8 Å².